The summed E-state index contributed by atoms with van der Waals surface area (Å²) in [5, 5.41) is 0. The fourth-order valence-corrected chi connectivity index (χ4v) is 3.57. The van der Waals surface area contributed by atoms with E-state index in [9.17, 15) is 13.4 Å². The van der Waals surface area contributed by atoms with Crippen molar-refractivity contribution >= 4 is 13.3 Å². The van der Waals surface area contributed by atoms with Crippen LogP contribution in [0, 0.1) is 17.8 Å². The number of allylic oxidation sites excluding steroid dienone is 1. The van der Waals surface area contributed by atoms with E-state index in [4.69, 9.17) is 4.74 Å². The molecule has 6 heteroatoms. The normalized spacial score (nSPS) is 31.4. The van der Waals surface area contributed by atoms with Crippen molar-refractivity contribution in [3.8, 4) is 0 Å². The summed E-state index contributed by atoms with van der Waals surface area (Å²) in [6.07, 6.45) is 4.36. The predicted octanol–water partition coefficient (Wildman–Crippen LogP) is 4.37. The van der Waals surface area contributed by atoms with Crippen LogP contribution >= 0.6 is 0 Å². The molecule has 0 spiro atoms. The van der Waals surface area contributed by atoms with E-state index >= 15 is 0 Å². The standard InChI is InChI=1S/C16H25BF2O3/c1-10(2)12-8-7-11(3)9-15(12)21-16(22-17(18)19)13-5-4-6-14(13)20/h10-12,15H,4-9H2,1-3H3/b16-13-/t11-,12+,15-/m1/s1. The Kier molecular flexibility index (Phi) is 5.87. The molecule has 2 rings (SSSR count). The second-order valence-electron chi connectivity index (χ2n) is 6.90. The Hall–Kier alpha value is -1.07. The van der Waals surface area contributed by atoms with Crippen molar-refractivity contribution in [2.24, 2.45) is 17.8 Å². The smallest absolute Gasteiger partial charge is 0.478 e. The van der Waals surface area contributed by atoms with E-state index in [2.05, 4.69) is 25.4 Å². The number of Topliss-reactive ketones (excluding diaryl/α,β-unsaturated/α-hetero) is 1. The van der Waals surface area contributed by atoms with Crippen LogP contribution in [0.5, 0.6) is 0 Å². The maximum atomic E-state index is 12.7. The molecule has 2 aliphatic rings. The molecule has 0 amide bonds. The zero-order chi connectivity index (χ0) is 16.3. The molecule has 22 heavy (non-hydrogen) atoms. The maximum absolute atomic E-state index is 12.7. The molecule has 124 valence electrons. The number of carbonyl (C=O) groups is 1. The van der Waals surface area contributed by atoms with Crippen LogP contribution in [0.15, 0.2) is 11.5 Å². The molecule has 0 aromatic carbocycles. The summed E-state index contributed by atoms with van der Waals surface area (Å²) < 4.78 is 35.8. The van der Waals surface area contributed by atoms with Gasteiger partial charge in [-0.2, -0.15) is 0 Å². The molecule has 0 aromatic heterocycles. The molecule has 2 aliphatic carbocycles. The van der Waals surface area contributed by atoms with Crippen LogP contribution < -0.4 is 0 Å². The number of ether oxygens (including phenoxy) is 1. The molecule has 0 saturated heterocycles. The Bertz CT molecular complexity index is 437. The Labute approximate surface area is 131 Å². The molecule has 2 fully saturated rings. The second kappa shape index (κ2) is 7.47. The van der Waals surface area contributed by atoms with Gasteiger partial charge < -0.3 is 9.39 Å². The van der Waals surface area contributed by atoms with E-state index in [1.165, 1.54) is 0 Å². The third-order valence-corrected chi connectivity index (χ3v) is 4.83. The van der Waals surface area contributed by atoms with Crippen molar-refractivity contribution in [3.63, 3.8) is 0 Å². The number of ketones is 1. The van der Waals surface area contributed by atoms with Gasteiger partial charge >= 0.3 is 7.47 Å². The van der Waals surface area contributed by atoms with Gasteiger partial charge in [0.1, 0.15) is 6.10 Å². The molecule has 0 radical (unpaired) electrons. The highest BCUT2D eigenvalue weighted by Gasteiger charge is 2.36. The summed E-state index contributed by atoms with van der Waals surface area (Å²) in [6, 6.07) is 0. The van der Waals surface area contributed by atoms with Gasteiger partial charge in [-0.3, -0.25) is 4.79 Å². The van der Waals surface area contributed by atoms with Crippen LogP contribution in [0.4, 0.5) is 8.63 Å². The van der Waals surface area contributed by atoms with Crippen molar-refractivity contribution in [3.05, 3.63) is 11.5 Å². The summed E-state index contributed by atoms with van der Waals surface area (Å²) in [4.78, 5) is 11.9. The number of hydrogen-bond acceptors (Lipinski definition) is 3. The zero-order valence-electron chi connectivity index (χ0n) is 13.6. The summed E-state index contributed by atoms with van der Waals surface area (Å²) in [7, 11) is -2.96. The highest BCUT2D eigenvalue weighted by molar-refractivity contribution is 6.34. The van der Waals surface area contributed by atoms with Crippen LogP contribution in [0.3, 0.4) is 0 Å². The van der Waals surface area contributed by atoms with Gasteiger partial charge in [0.05, 0.1) is 5.57 Å². The van der Waals surface area contributed by atoms with E-state index in [1.807, 2.05) is 0 Å². The van der Waals surface area contributed by atoms with E-state index in [-0.39, 0.29) is 17.8 Å². The van der Waals surface area contributed by atoms with Crippen LogP contribution in [-0.2, 0) is 14.2 Å². The molecule has 3 nitrogen and oxygen atoms in total. The highest BCUT2D eigenvalue weighted by Crippen LogP contribution is 2.37. The van der Waals surface area contributed by atoms with Gasteiger partial charge in [-0.15, -0.1) is 0 Å². The fraction of sp³-hybridized carbons (Fsp3) is 0.812. The van der Waals surface area contributed by atoms with E-state index in [0.717, 1.165) is 19.3 Å². The Morgan fingerprint density at radius 3 is 2.55 bits per heavy atom. The quantitative estimate of drug-likeness (QED) is 0.429. The first-order valence-electron chi connectivity index (χ1n) is 8.26. The molecule has 0 aromatic rings. The van der Waals surface area contributed by atoms with Gasteiger partial charge in [0.2, 0.25) is 0 Å². The first kappa shape index (κ1) is 17.3. The van der Waals surface area contributed by atoms with Crippen LogP contribution in [0.25, 0.3) is 0 Å². The average Bonchev–Trinajstić information content (AvgIpc) is 2.83. The molecule has 0 bridgehead atoms. The minimum atomic E-state index is -2.96. The molecule has 3 atom stereocenters. The third kappa shape index (κ3) is 4.23. The summed E-state index contributed by atoms with van der Waals surface area (Å²) in [6.45, 7) is 6.39. The van der Waals surface area contributed by atoms with E-state index < -0.39 is 7.47 Å². The van der Waals surface area contributed by atoms with Crippen LogP contribution in [0.1, 0.15) is 59.3 Å². The third-order valence-electron chi connectivity index (χ3n) is 4.83. The highest BCUT2D eigenvalue weighted by atomic mass is 19.2. The Morgan fingerprint density at radius 1 is 1.27 bits per heavy atom. The van der Waals surface area contributed by atoms with Gasteiger partial charge in [0.25, 0.3) is 5.95 Å². The second-order valence-corrected chi connectivity index (χ2v) is 6.90. The van der Waals surface area contributed by atoms with Crippen LogP contribution in [-0.4, -0.2) is 19.4 Å². The largest absolute Gasteiger partial charge is 0.798 e. The molecule has 0 unspecified atom stereocenters. The van der Waals surface area contributed by atoms with Crippen molar-refractivity contribution in [1.82, 2.24) is 0 Å². The topological polar surface area (TPSA) is 35.5 Å². The zero-order valence-corrected chi connectivity index (χ0v) is 13.6. The summed E-state index contributed by atoms with van der Waals surface area (Å²) in [5.41, 5.74) is 0.307. The number of carbonyl (C=O) groups excluding carboxylic acids is 1. The summed E-state index contributed by atoms with van der Waals surface area (Å²) >= 11 is 0. The Morgan fingerprint density at radius 2 is 2.00 bits per heavy atom. The lowest BCUT2D eigenvalue weighted by molar-refractivity contribution is -0.115. The lowest BCUT2D eigenvalue weighted by Gasteiger charge is -2.37. The van der Waals surface area contributed by atoms with Crippen LogP contribution in [0.2, 0.25) is 0 Å². The summed E-state index contributed by atoms with van der Waals surface area (Å²) in [5.74, 6) is 0.874. The molecule has 0 N–H and O–H groups in total. The number of halogens is 2. The molecular weight excluding hydrogens is 289 g/mol. The van der Waals surface area contributed by atoms with Crippen molar-refractivity contribution in [1.29, 1.82) is 0 Å². The lowest BCUT2D eigenvalue weighted by atomic mass is 9.75. The maximum Gasteiger partial charge on any atom is 0.798 e. The molecular formula is C16H25BF2O3. The Balaban J connectivity index is 2.19. The van der Waals surface area contributed by atoms with E-state index in [1.54, 1.807) is 0 Å². The number of hydrogen-bond donors (Lipinski definition) is 0. The van der Waals surface area contributed by atoms with Gasteiger partial charge in [0, 0.05) is 6.42 Å². The van der Waals surface area contributed by atoms with Gasteiger partial charge in [-0.1, -0.05) is 27.2 Å². The monoisotopic (exact) mass is 314 g/mol. The fourth-order valence-electron chi connectivity index (χ4n) is 3.57. The van der Waals surface area contributed by atoms with Crippen molar-refractivity contribution < 1.29 is 22.8 Å². The van der Waals surface area contributed by atoms with E-state index in [0.29, 0.717) is 42.6 Å². The minimum absolute atomic E-state index is 0.124. The molecule has 2 saturated carbocycles. The number of rotatable bonds is 5. The van der Waals surface area contributed by atoms with Gasteiger partial charge in [-0.25, -0.2) is 8.63 Å². The average molecular weight is 314 g/mol. The molecule has 0 aliphatic heterocycles. The SMILES string of the molecule is CC(C)[C@@H]1CC[C@@H](C)C[C@H]1O/C(OB(F)F)=C1\CCCC1=O. The van der Waals surface area contributed by atoms with Crippen molar-refractivity contribution in [2.45, 2.75) is 65.4 Å². The van der Waals surface area contributed by atoms with Gasteiger partial charge in [0.15, 0.2) is 5.78 Å². The minimum Gasteiger partial charge on any atom is -0.478 e. The first-order valence-corrected chi connectivity index (χ1v) is 8.26. The first-order chi connectivity index (χ1) is 10.4. The molecule has 0 heterocycles. The lowest BCUT2D eigenvalue weighted by Crippen LogP contribution is -2.35. The van der Waals surface area contributed by atoms with Crippen molar-refractivity contribution in [2.75, 3.05) is 0 Å². The predicted molar refractivity (Wildman–Crippen MR) is 81.2 cm³/mol. The van der Waals surface area contributed by atoms with Gasteiger partial charge in [-0.05, 0) is 43.4 Å².